The van der Waals surface area contributed by atoms with Crippen LogP contribution in [0.3, 0.4) is 0 Å². The van der Waals surface area contributed by atoms with Gasteiger partial charge in [-0.1, -0.05) is 0 Å². The third kappa shape index (κ3) is 3.45. The SMILES string of the molecule is CN(CCOc1ccc(F)cc1)c1ncccc1C#N. The maximum Gasteiger partial charge on any atom is 0.146 e. The van der Waals surface area contributed by atoms with Crippen molar-refractivity contribution in [3.05, 3.63) is 54.0 Å². The van der Waals surface area contributed by atoms with Gasteiger partial charge < -0.3 is 9.64 Å². The van der Waals surface area contributed by atoms with Crippen molar-refractivity contribution in [2.45, 2.75) is 0 Å². The molecule has 0 aliphatic carbocycles. The first-order valence-corrected chi connectivity index (χ1v) is 6.15. The van der Waals surface area contributed by atoms with Crippen LogP contribution < -0.4 is 9.64 Å². The molecule has 4 nitrogen and oxygen atoms in total. The van der Waals surface area contributed by atoms with E-state index < -0.39 is 0 Å². The predicted octanol–water partition coefficient (Wildman–Crippen LogP) is 2.61. The molecule has 0 fully saturated rings. The Morgan fingerprint density at radius 2 is 2.05 bits per heavy atom. The lowest BCUT2D eigenvalue weighted by atomic mass is 10.2. The van der Waals surface area contributed by atoms with Crippen LogP contribution in [0, 0.1) is 17.1 Å². The van der Waals surface area contributed by atoms with Crippen molar-refractivity contribution >= 4 is 5.82 Å². The van der Waals surface area contributed by atoms with E-state index in [4.69, 9.17) is 10.00 Å². The average Bonchev–Trinajstić information content (AvgIpc) is 2.49. The molecule has 2 aromatic rings. The number of hydrogen-bond acceptors (Lipinski definition) is 4. The number of aromatic nitrogens is 1. The van der Waals surface area contributed by atoms with Crippen molar-refractivity contribution in [2.75, 3.05) is 25.1 Å². The number of nitrogens with zero attached hydrogens (tertiary/aromatic N) is 3. The van der Waals surface area contributed by atoms with Gasteiger partial charge in [-0.15, -0.1) is 0 Å². The van der Waals surface area contributed by atoms with E-state index in [1.165, 1.54) is 12.1 Å². The Kier molecular flexibility index (Phi) is 4.51. The zero-order valence-electron chi connectivity index (χ0n) is 11.1. The van der Waals surface area contributed by atoms with Gasteiger partial charge in [0.15, 0.2) is 0 Å². The van der Waals surface area contributed by atoms with Gasteiger partial charge in [-0.05, 0) is 36.4 Å². The first-order valence-electron chi connectivity index (χ1n) is 6.15. The van der Waals surface area contributed by atoms with Crippen LogP contribution in [-0.4, -0.2) is 25.2 Å². The Bertz CT molecular complexity index is 607. The molecule has 0 atom stereocenters. The van der Waals surface area contributed by atoms with Crippen molar-refractivity contribution < 1.29 is 9.13 Å². The molecule has 5 heteroatoms. The first kappa shape index (κ1) is 13.8. The summed E-state index contributed by atoms with van der Waals surface area (Å²) in [5.74, 6) is 0.945. The molecule has 0 aliphatic rings. The molecule has 0 aliphatic heterocycles. The average molecular weight is 271 g/mol. The van der Waals surface area contributed by atoms with Gasteiger partial charge >= 0.3 is 0 Å². The highest BCUT2D eigenvalue weighted by atomic mass is 19.1. The lowest BCUT2D eigenvalue weighted by Gasteiger charge is -2.19. The van der Waals surface area contributed by atoms with E-state index in [0.717, 1.165) is 0 Å². The number of ether oxygens (including phenoxy) is 1. The van der Waals surface area contributed by atoms with Crippen molar-refractivity contribution in [3.63, 3.8) is 0 Å². The predicted molar refractivity (Wildman–Crippen MR) is 74.1 cm³/mol. The summed E-state index contributed by atoms with van der Waals surface area (Å²) in [5.41, 5.74) is 0.525. The number of pyridine rings is 1. The van der Waals surface area contributed by atoms with E-state index >= 15 is 0 Å². The standard InChI is InChI=1S/C15H14FN3O/c1-19(15-12(11-17)3-2-8-18-15)9-10-20-14-6-4-13(16)5-7-14/h2-8H,9-10H2,1H3. The van der Waals surface area contributed by atoms with Crippen molar-refractivity contribution in [1.82, 2.24) is 4.98 Å². The summed E-state index contributed by atoms with van der Waals surface area (Å²) in [6.45, 7) is 0.993. The molecule has 1 aromatic carbocycles. The summed E-state index contributed by atoms with van der Waals surface area (Å²) in [4.78, 5) is 6.03. The molecule has 0 spiro atoms. The highest BCUT2D eigenvalue weighted by molar-refractivity contribution is 5.52. The summed E-state index contributed by atoms with van der Waals surface area (Å²) in [5, 5.41) is 9.01. The zero-order chi connectivity index (χ0) is 14.4. The normalized spacial score (nSPS) is 9.85. The molecule has 0 bridgehead atoms. The zero-order valence-corrected chi connectivity index (χ0v) is 11.1. The Morgan fingerprint density at radius 3 is 2.75 bits per heavy atom. The second-order valence-corrected chi connectivity index (χ2v) is 4.21. The second-order valence-electron chi connectivity index (χ2n) is 4.21. The molecular weight excluding hydrogens is 257 g/mol. The molecular formula is C15H14FN3O. The maximum absolute atomic E-state index is 12.7. The van der Waals surface area contributed by atoms with Crippen molar-refractivity contribution in [3.8, 4) is 11.8 Å². The van der Waals surface area contributed by atoms with Crippen LogP contribution in [0.25, 0.3) is 0 Å². The van der Waals surface area contributed by atoms with Gasteiger partial charge in [-0.3, -0.25) is 0 Å². The smallest absolute Gasteiger partial charge is 0.146 e. The Morgan fingerprint density at radius 1 is 1.30 bits per heavy atom. The maximum atomic E-state index is 12.7. The molecule has 0 unspecified atom stereocenters. The van der Waals surface area contributed by atoms with Gasteiger partial charge in [0.05, 0.1) is 12.1 Å². The molecule has 1 aromatic heterocycles. The molecule has 0 radical (unpaired) electrons. The van der Waals surface area contributed by atoms with E-state index in [9.17, 15) is 4.39 Å². The van der Waals surface area contributed by atoms with E-state index in [-0.39, 0.29) is 5.82 Å². The summed E-state index contributed by atoms with van der Waals surface area (Å²) in [6, 6.07) is 11.4. The van der Waals surface area contributed by atoms with E-state index in [2.05, 4.69) is 11.1 Å². The minimum Gasteiger partial charge on any atom is -0.492 e. The van der Waals surface area contributed by atoms with Crippen LogP contribution >= 0.6 is 0 Å². The molecule has 0 saturated carbocycles. The molecule has 0 N–H and O–H groups in total. The van der Waals surface area contributed by atoms with Crippen LogP contribution in [0.2, 0.25) is 0 Å². The highest BCUT2D eigenvalue weighted by Gasteiger charge is 2.08. The van der Waals surface area contributed by atoms with Gasteiger partial charge in [-0.2, -0.15) is 5.26 Å². The lowest BCUT2D eigenvalue weighted by molar-refractivity contribution is 0.325. The van der Waals surface area contributed by atoms with Crippen LogP contribution in [0.5, 0.6) is 5.75 Å². The van der Waals surface area contributed by atoms with Crippen molar-refractivity contribution in [1.29, 1.82) is 5.26 Å². The summed E-state index contributed by atoms with van der Waals surface area (Å²) in [6.07, 6.45) is 1.65. The third-order valence-corrected chi connectivity index (χ3v) is 2.78. The number of hydrogen-bond donors (Lipinski definition) is 0. The summed E-state index contributed by atoms with van der Waals surface area (Å²) >= 11 is 0. The van der Waals surface area contributed by atoms with Gasteiger partial charge in [0.25, 0.3) is 0 Å². The van der Waals surface area contributed by atoms with Gasteiger partial charge in [0.1, 0.15) is 30.1 Å². The lowest BCUT2D eigenvalue weighted by Crippen LogP contribution is -2.25. The molecule has 2 rings (SSSR count). The highest BCUT2D eigenvalue weighted by Crippen LogP contribution is 2.15. The first-order chi connectivity index (χ1) is 9.70. The van der Waals surface area contributed by atoms with E-state index in [0.29, 0.717) is 30.3 Å². The fourth-order valence-electron chi connectivity index (χ4n) is 1.73. The minimum absolute atomic E-state index is 0.290. The Balaban J connectivity index is 1.91. The molecule has 1 heterocycles. The molecule has 102 valence electrons. The number of nitriles is 1. The van der Waals surface area contributed by atoms with Gasteiger partial charge in [0, 0.05) is 13.2 Å². The molecule has 0 amide bonds. The van der Waals surface area contributed by atoms with E-state index in [1.54, 1.807) is 30.5 Å². The number of rotatable bonds is 5. The van der Waals surface area contributed by atoms with Crippen LogP contribution in [0.1, 0.15) is 5.56 Å². The number of anilines is 1. The molecule has 0 saturated heterocycles. The van der Waals surface area contributed by atoms with Gasteiger partial charge in [-0.25, -0.2) is 9.37 Å². The monoisotopic (exact) mass is 271 g/mol. The van der Waals surface area contributed by atoms with Crippen LogP contribution in [0.15, 0.2) is 42.6 Å². The van der Waals surface area contributed by atoms with E-state index in [1.807, 2.05) is 11.9 Å². The van der Waals surface area contributed by atoms with Crippen LogP contribution in [-0.2, 0) is 0 Å². The fourth-order valence-corrected chi connectivity index (χ4v) is 1.73. The Hall–Kier alpha value is -2.61. The van der Waals surface area contributed by atoms with Crippen LogP contribution in [0.4, 0.5) is 10.2 Å². The fraction of sp³-hybridized carbons (Fsp3) is 0.200. The minimum atomic E-state index is -0.290. The molecule has 20 heavy (non-hydrogen) atoms. The number of likely N-dealkylation sites (N-methyl/N-ethyl adjacent to an activating group) is 1. The summed E-state index contributed by atoms with van der Waals surface area (Å²) < 4.78 is 18.2. The number of halogens is 1. The quantitative estimate of drug-likeness (QED) is 0.838. The largest absolute Gasteiger partial charge is 0.492 e. The van der Waals surface area contributed by atoms with Gasteiger partial charge in [0.2, 0.25) is 0 Å². The number of benzene rings is 1. The Labute approximate surface area is 117 Å². The second kappa shape index (κ2) is 6.53. The topological polar surface area (TPSA) is 49.1 Å². The van der Waals surface area contributed by atoms with Crippen molar-refractivity contribution in [2.24, 2.45) is 0 Å². The third-order valence-electron chi connectivity index (χ3n) is 2.78. The summed E-state index contributed by atoms with van der Waals surface area (Å²) in [7, 11) is 1.84.